The van der Waals surface area contributed by atoms with E-state index in [9.17, 15) is 13.6 Å². The second-order valence-electron chi connectivity index (χ2n) is 7.02. The number of hydrogen-bond donors (Lipinski definition) is 0. The monoisotopic (exact) mass is 322 g/mol. The van der Waals surface area contributed by atoms with Gasteiger partial charge < -0.3 is 4.74 Å². The van der Waals surface area contributed by atoms with Crippen LogP contribution in [0, 0.1) is 29.4 Å². The molecule has 3 rings (SSSR count). The minimum atomic E-state index is -0.895. The average molecular weight is 322 g/mol. The largest absolute Gasteiger partial charge is 0.490 e. The minimum Gasteiger partial charge on any atom is -0.490 e. The normalized spacial score (nSPS) is 26.3. The quantitative estimate of drug-likeness (QED) is 0.787. The van der Waals surface area contributed by atoms with E-state index < -0.39 is 11.6 Å². The molecule has 0 radical (unpaired) electrons. The molecule has 1 aromatic rings. The number of ketones is 1. The highest BCUT2D eigenvalue weighted by Gasteiger charge is 2.30. The highest BCUT2D eigenvalue weighted by Crippen LogP contribution is 2.39. The molecule has 0 heterocycles. The van der Waals surface area contributed by atoms with E-state index in [-0.39, 0.29) is 5.75 Å². The zero-order valence-corrected chi connectivity index (χ0v) is 13.4. The fraction of sp³-hybridized carbons (Fsp3) is 0.632. The maximum Gasteiger partial charge on any atom is 0.200 e. The number of rotatable bonds is 4. The Balaban J connectivity index is 1.44. The summed E-state index contributed by atoms with van der Waals surface area (Å²) >= 11 is 0. The van der Waals surface area contributed by atoms with E-state index in [2.05, 4.69) is 0 Å². The van der Waals surface area contributed by atoms with Gasteiger partial charge in [0.2, 0.25) is 5.82 Å². The maximum atomic E-state index is 13.6. The summed E-state index contributed by atoms with van der Waals surface area (Å²) < 4.78 is 32.2. The van der Waals surface area contributed by atoms with Crippen LogP contribution in [0.4, 0.5) is 8.78 Å². The third-order valence-electron chi connectivity index (χ3n) is 5.54. The lowest BCUT2D eigenvalue weighted by molar-refractivity contribution is -0.121. The van der Waals surface area contributed by atoms with Crippen LogP contribution in [0.5, 0.6) is 5.75 Å². The lowest BCUT2D eigenvalue weighted by Crippen LogP contribution is -2.27. The Kier molecular flexibility index (Phi) is 5.29. The van der Waals surface area contributed by atoms with Crippen molar-refractivity contribution in [2.75, 3.05) is 6.61 Å². The van der Waals surface area contributed by atoms with Gasteiger partial charge in [-0.1, -0.05) is 6.07 Å². The predicted octanol–water partition coefficient (Wildman–Crippen LogP) is 4.91. The van der Waals surface area contributed by atoms with Crippen LogP contribution >= 0.6 is 0 Å². The van der Waals surface area contributed by atoms with Crippen molar-refractivity contribution in [1.82, 2.24) is 0 Å². The number of ether oxygens (including phenoxy) is 1. The summed E-state index contributed by atoms with van der Waals surface area (Å²) in [5.41, 5.74) is 0. The highest BCUT2D eigenvalue weighted by molar-refractivity contribution is 5.79. The number of Topliss-reactive ketones (excluding diaryl/α,β-unsaturated/α-hetero) is 1. The number of carbonyl (C=O) groups is 1. The van der Waals surface area contributed by atoms with Crippen LogP contribution in [0.25, 0.3) is 0 Å². The Bertz CT molecular complexity index is 540. The van der Waals surface area contributed by atoms with Gasteiger partial charge in [-0.3, -0.25) is 4.79 Å². The maximum absolute atomic E-state index is 13.6. The van der Waals surface area contributed by atoms with E-state index >= 15 is 0 Å². The molecule has 0 N–H and O–H groups in total. The molecule has 0 aliphatic heterocycles. The van der Waals surface area contributed by atoms with E-state index in [4.69, 9.17) is 4.74 Å². The number of carbonyl (C=O) groups excluding carboxylic acids is 1. The van der Waals surface area contributed by atoms with Crippen molar-refractivity contribution in [1.29, 1.82) is 0 Å². The molecule has 2 aliphatic rings. The van der Waals surface area contributed by atoms with Crippen LogP contribution in [0.3, 0.4) is 0 Å². The van der Waals surface area contributed by atoms with Gasteiger partial charge in [-0.2, -0.15) is 4.39 Å². The fourth-order valence-corrected chi connectivity index (χ4v) is 4.06. The molecule has 2 nitrogen and oxygen atoms in total. The van der Waals surface area contributed by atoms with Crippen molar-refractivity contribution in [3.05, 3.63) is 29.8 Å². The van der Waals surface area contributed by atoms with Gasteiger partial charge in [-0.05, 0) is 68.4 Å². The van der Waals surface area contributed by atoms with Gasteiger partial charge in [0.25, 0.3) is 0 Å². The van der Waals surface area contributed by atoms with Crippen LogP contribution in [0.2, 0.25) is 0 Å². The Morgan fingerprint density at radius 3 is 2.30 bits per heavy atom. The first-order valence-electron chi connectivity index (χ1n) is 8.72. The van der Waals surface area contributed by atoms with E-state index in [0.717, 1.165) is 50.5 Å². The molecule has 2 aliphatic carbocycles. The number of hydrogen-bond acceptors (Lipinski definition) is 2. The average Bonchev–Trinajstić information content (AvgIpc) is 2.57. The summed E-state index contributed by atoms with van der Waals surface area (Å²) in [5, 5.41) is 0. The first-order chi connectivity index (χ1) is 11.1. The zero-order chi connectivity index (χ0) is 16.2. The van der Waals surface area contributed by atoms with Gasteiger partial charge >= 0.3 is 0 Å². The van der Waals surface area contributed by atoms with Crippen LogP contribution in [0.15, 0.2) is 18.2 Å². The lowest BCUT2D eigenvalue weighted by atomic mass is 9.71. The van der Waals surface area contributed by atoms with Crippen molar-refractivity contribution in [3.8, 4) is 5.75 Å². The molecule has 0 spiro atoms. The summed E-state index contributed by atoms with van der Waals surface area (Å²) in [6.07, 6.45) is 8.10. The molecule has 0 atom stereocenters. The third-order valence-corrected chi connectivity index (χ3v) is 5.54. The topological polar surface area (TPSA) is 26.3 Å². The molecule has 4 heteroatoms. The van der Waals surface area contributed by atoms with Gasteiger partial charge in [0.15, 0.2) is 11.6 Å². The Morgan fingerprint density at radius 2 is 1.61 bits per heavy atom. The van der Waals surface area contributed by atoms with Crippen molar-refractivity contribution in [2.45, 2.75) is 51.4 Å². The van der Waals surface area contributed by atoms with E-state index in [1.54, 1.807) is 0 Å². The van der Waals surface area contributed by atoms with Gasteiger partial charge in [-0.25, -0.2) is 4.39 Å². The first kappa shape index (κ1) is 16.4. The van der Waals surface area contributed by atoms with E-state index in [1.165, 1.54) is 25.0 Å². The summed E-state index contributed by atoms with van der Waals surface area (Å²) in [6, 6.07) is 4.04. The molecule has 126 valence electrons. The smallest absolute Gasteiger partial charge is 0.200 e. The molecule has 0 amide bonds. The standard InChI is InChI=1S/C19H24F2O2/c20-17-2-1-3-18(19(17)21)23-12-13-4-6-14(7-5-13)15-8-10-16(22)11-9-15/h1-3,13-15H,4-12H2. The van der Waals surface area contributed by atoms with Crippen molar-refractivity contribution in [3.63, 3.8) is 0 Å². The van der Waals surface area contributed by atoms with Gasteiger partial charge in [0.05, 0.1) is 6.61 Å². The summed E-state index contributed by atoms with van der Waals surface area (Å²) in [4.78, 5) is 11.3. The Labute approximate surface area is 136 Å². The lowest BCUT2D eigenvalue weighted by Gasteiger charge is -2.35. The minimum absolute atomic E-state index is 0.0120. The Hall–Kier alpha value is -1.45. The van der Waals surface area contributed by atoms with Crippen LogP contribution in [0.1, 0.15) is 51.4 Å². The van der Waals surface area contributed by atoms with Crippen molar-refractivity contribution < 1.29 is 18.3 Å². The van der Waals surface area contributed by atoms with Gasteiger partial charge in [0, 0.05) is 12.8 Å². The molecular formula is C19H24F2O2. The molecular weight excluding hydrogens is 298 g/mol. The molecule has 0 bridgehead atoms. The van der Waals surface area contributed by atoms with E-state index in [0.29, 0.717) is 24.2 Å². The van der Waals surface area contributed by atoms with E-state index in [1.807, 2.05) is 0 Å². The van der Waals surface area contributed by atoms with Crippen molar-refractivity contribution in [2.24, 2.45) is 17.8 Å². The molecule has 0 aromatic heterocycles. The molecule has 2 saturated carbocycles. The Morgan fingerprint density at radius 1 is 0.957 bits per heavy atom. The number of halogens is 2. The molecule has 2 fully saturated rings. The number of benzene rings is 1. The van der Waals surface area contributed by atoms with Crippen LogP contribution in [-0.4, -0.2) is 12.4 Å². The van der Waals surface area contributed by atoms with Gasteiger partial charge in [0.1, 0.15) is 5.78 Å². The molecule has 0 unspecified atom stereocenters. The second kappa shape index (κ2) is 7.41. The SMILES string of the molecule is O=C1CCC(C2CCC(COc3cccc(F)c3F)CC2)CC1. The summed E-state index contributed by atoms with van der Waals surface area (Å²) in [6.45, 7) is 0.455. The fourth-order valence-electron chi connectivity index (χ4n) is 4.06. The van der Waals surface area contributed by atoms with Crippen LogP contribution < -0.4 is 4.74 Å². The van der Waals surface area contributed by atoms with Crippen LogP contribution in [-0.2, 0) is 4.79 Å². The summed E-state index contributed by atoms with van der Waals surface area (Å²) in [5.74, 6) is 0.518. The first-order valence-corrected chi connectivity index (χ1v) is 8.72. The summed E-state index contributed by atoms with van der Waals surface area (Å²) in [7, 11) is 0. The zero-order valence-electron chi connectivity index (χ0n) is 13.4. The van der Waals surface area contributed by atoms with Gasteiger partial charge in [-0.15, -0.1) is 0 Å². The molecule has 0 saturated heterocycles. The highest BCUT2D eigenvalue weighted by atomic mass is 19.2. The molecule has 23 heavy (non-hydrogen) atoms. The molecule has 1 aromatic carbocycles. The second-order valence-corrected chi connectivity index (χ2v) is 7.02. The predicted molar refractivity (Wildman–Crippen MR) is 84.3 cm³/mol. The third kappa shape index (κ3) is 4.10. The van der Waals surface area contributed by atoms with Crippen molar-refractivity contribution >= 4 is 5.78 Å².